The summed E-state index contributed by atoms with van der Waals surface area (Å²) in [6.45, 7) is 0. The van der Waals surface area contributed by atoms with E-state index < -0.39 is 23.7 Å². The fraction of sp³-hybridized carbons (Fsp3) is 0.409. The third kappa shape index (κ3) is 3.46. The number of carbonyl (C=O) groups is 1. The smallest absolute Gasteiger partial charge is 0.308 e. The highest BCUT2D eigenvalue weighted by atomic mass is 35.5. The van der Waals surface area contributed by atoms with Gasteiger partial charge in [-0.3, -0.25) is 4.79 Å². The summed E-state index contributed by atoms with van der Waals surface area (Å²) in [7, 11) is 1.53. The molecule has 2 bridgehead atoms. The number of carboxylic acids is 1. The van der Waals surface area contributed by atoms with Crippen molar-refractivity contribution in [1.29, 1.82) is 5.26 Å². The van der Waals surface area contributed by atoms with Gasteiger partial charge in [0.25, 0.3) is 0 Å². The summed E-state index contributed by atoms with van der Waals surface area (Å²) < 4.78 is 20.7. The maximum Gasteiger partial charge on any atom is 0.308 e. The number of anilines is 1. The van der Waals surface area contributed by atoms with Gasteiger partial charge in [0.2, 0.25) is 0 Å². The lowest BCUT2D eigenvalue weighted by Gasteiger charge is -2.47. The number of rotatable bonds is 5. The lowest BCUT2D eigenvalue weighted by Crippen LogP contribution is -2.51. The number of fused-ring (bicyclic) bond motifs is 3. The fourth-order valence-electron chi connectivity index (χ4n) is 4.93. The Morgan fingerprint density at radius 3 is 2.47 bits per heavy atom. The zero-order valence-corrected chi connectivity index (χ0v) is 17.1. The molecular formula is C22H21ClFN3O3. The number of methoxy groups -OCH3 is 1. The molecule has 6 nitrogen and oxygen atoms in total. The van der Waals surface area contributed by atoms with Crippen LogP contribution in [0.5, 0.6) is 5.75 Å². The van der Waals surface area contributed by atoms with E-state index in [2.05, 4.69) is 10.3 Å². The predicted molar refractivity (Wildman–Crippen MR) is 110 cm³/mol. The molecule has 3 fully saturated rings. The van der Waals surface area contributed by atoms with Crippen LogP contribution in [0.4, 0.5) is 10.2 Å². The van der Waals surface area contributed by atoms with Crippen molar-refractivity contribution in [3.05, 3.63) is 40.8 Å². The Labute approximate surface area is 178 Å². The average Bonchev–Trinajstić information content (AvgIpc) is 2.76. The molecular weight excluding hydrogens is 409 g/mol. The zero-order valence-electron chi connectivity index (χ0n) is 16.4. The minimum Gasteiger partial charge on any atom is -0.497 e. The molecule has 3 aliphatic carbocycles. The molecule has 0 spiro atoms. The first-order valence-electron chi connectivity index (χ1n) is 9.87. The Morgan fingerprint density at radius 1 is 1.27 bits per heavy atom. The first kappa shape index (κ1) is 20.4. The summed E-state index contributed by atoms with van der Waals surface area (Å²) in [5.74, 6) is -1.51. The molecule has 1 aromatic heterocycles. The largest absolute Gasteiger partial charge is 0.497 e. The quantitative estimate of drug-likeness (QED) is 0.667. The number of nitriles is 1. The van der Waals surface area contributed by atoms with E-state index in [1.165, 1.54) is 7.11 Å². The number of aromatic nitrogens is 1. The number of halogens is 2. The molecule has 156 valence electrons. The van der Waals surface area contributed by atoms with E-state index in [0.29, 0.717) is 11.3 Å². The number of carboxylic acid groups (broad SMARTS) is 1. The van der Waals surface area contributed by atoms with E-state index in [-0.39, 0.29) is 33.9 Å². The van der Waals surface area contributed by atoms with Crippen molar-refractivity contribution >= 4 is 23.4 Å². The van der Waals surface area contributed by atoms with Crippen LogP contribution in [0.25, 0.3) is 11.1 Å². The highest BCUT2D eigenvalue weighted by Crippen LogP contribution is 2.47. The van der Waals surface area contributed by atoms with Gasteiger partial charge < -0.3 is 15.2 Å². The summed E-state index contributed by atoms with van der Waals surface area (Å²) in [5, 5.41) is 22.2. The van der Waals surface area contributed by atoms with Crippen LogP contribution in [0, 0.1) is 34.9 Å². The van der Waals surface area contributed by atoms with Crippen molar-refractivity contribution < 1.29 is 19.0 Å². The number of nitrogens with zero attached hydrogens (tertiary/aromatic N) is 2. The molecule has 2 N–H and O–H groups in total. The van der Waals surface area contributed by atoms with Gasteiger partial charge in [-0.1, -0.05) is 23.7 Å². The number of aliphatic carboxylic acids is 1. The monoisotopic (exact) mass is 429 g/mol. The molecule has 0 radical (unpaired) electrons. The highest BCUT2D eigenvalue weighted by Gasteiger charge is 2.47. The molecule has 3 aliphatic rings. The van der Waals surface area contributed by atoms with Crippen molar-refractivity contribution in [3.63, 3.8) is 0 Å². The molecule has 2 unspecified atom stereocenters. The maximum absolute atomic E-state index is 15.6. The van der Waals surface area contributed by atoms with Gasteiger partial charge in [0, 0.05) is 11.6 Å². The van der Waals surface area contributed by atoms with Gasteiger partial charge >= 0.3 is 5.97 Å². The van der Waals surface area contributed by atoms with Crippen LogP contribution >= 0.6 is 11.6 Å². The number of nitrogens with one attached hydrogen (secondary N) is 1. The maximum atomic E-state index is 15.6. The van der Waals surface area contributed by atoms with E-state index in [0.717, 1.165) is 25.7 Å². The Kier molecular flexibility index (Phi) is 5.52. The number of benzene rings is 1. The van der Waals surface area contributed by atoms with Crippen LogP contribution < -0.4 is 10.1 Å². The topological polar surface area (TPSA) is 95.2 Å². The van der Waals surface area contributed by atoms with Crippen molar-refractivity contribution in [2.45, 2.75) is 31.7 Å². The molecule has 0 amide bonds. The van der Waals surface area contributed by atoms with Crippen molar-refractivity contribution in [1.82, 2.24) is 4.98 Å². The van der Waals surface area contributed by atoms with Crippen LogP contribution in [0.15, 0.2) is 24.3 Å². The predicted octanol–water partition coefficient (Wildman–Crippen LogP) is 4.72. The number of pyridine rings is 1. The van der Waals surface area contributed by atoms with Gasteiger partial charge in [0.15, 0.2) is 11.6 Å². The molecule has 8 heteroatoms. The summed E-state index contributed by atoms with van der Waals surface area (Å²) in [4.78, 5) is 16.0. The van der Waals surface area contributed by atoms with Gasteiger partial charge in [-0.05, 0) is 55.2 Å². The molecule has 1 aromatic carbocycles. The molecule has 2 aromatic rings. The minimum absolute atomic E-state index is 0.0375. The third-order valence-corrected chi connectivity index (χ3v) is 6.67. The number of hydrogen-bond acceptors (Lipinski definition) is 5. The first-order chi connectivity index (χ1) is 14.4. The van der Waals surface area contributed by atoms with Crippen molar-refractivity contribution in [2.24, 2.45) is 17.8 Å². The van der Waals surface area contributed by atoms with Crippen molar-refractivity contribution in [3.8, 4) is 22.9 Å². The van der Waals surface area contributed by atoms with Gasteiger partial charge in [-0.25, -0.2) is 9.37 Å². The van der Waals surface area contributed by atoms with Crippen LogP contribution in [-0.4, -0.2) is 29.2 Å². The van der Waals surface area contributed by atoms with E-state index in [1.54, 1.807) is 24.3 Å². The number of hydrogen-bond donors (Lipinski definition) is 2. The molecule has 0 saturated heterocycles. The number of ether oxygens (including phenoxy) is 1. The minimum atomic E-state index is -0.877. The lowest BCUT2D eigenvalue weighted by atomic mass is 9.61. The fourth-order valence-corrected chi connectivity index (χ4v) is 5.15. The molecule has 0 aliphatic heterocycles. The van der Waals surface area contributed by atoms with Gasteiger partial charge in [-0.15, -0.1) is 0 Å². The standard InChI is InChI=1S/C22H21ClFN3O3/c1-30-14-8-6-11(7-9-14)16-15(10-25)20(23)27-21(18(16)24)26-19-13-4-2-12(3-5-13)17(19)22(28)29/h6-9,12-13,17,19H,2-5H2,1H3,(H,26,27)(H,28,29). The van der Waals surface area contributed by atoms with Gasteiger partial charge in [0.05, 0.1) is 13.0 Å². The summed E-state index contributed by atoms with van der Waals surface area (Å²) >= 11 is 6.23. The van der Waals surface area contributed by atoms with Gasteiger partial charge in [0.1, 0.15) is 22.5 Å². The van der Waals surface area contributed by atoms with Crippen LogP contribution in [0.3, 0.4) is 0 Å². The van der Waals surface area contributed by atoms with E-state index in [1.807, 2.05) is 6.07 Å². The Hall–Kier alpha value is -2.85. The Morgan fingerprint density at radius 2 is 1.90 bits per heavy atom. The van der Waals surface area contributed by atoms with E-state index in [4.69, 9.17) is 16.3 Å². The third-order valence-electron chi connectivity index (χ3n) is 6.39. The second-order valence-electron chi connectivity index (χ2n) is 7.86. The Bertz CT molecular complexity index is 1010. The molecule has 30 heavy (non-hydrogen) atoms. The Balaban J connectivity index is 1.76. The van der Waals surface area contributed by atoms with Gasteiger partial charge in [-0.2, -0.15) is 5.26 Å². The normalized spacial score (nSPS) is 24.9. The molecule has 5 rings (SSSR count). The van der Waals surface area contributed by atoms with Crippen LogP contribution in [-0.2, 0) is 4.79 Å². The zero-order chi connectivity index (χ0) is 21.4. The summed E-state index contributed by atoms with van der Waals surface area (Å²) in [6, 6.07) is 8.11. The van der Waals surface area contributed by atoms with E-state index in [9.17, 15) is 15.2 Å². The first-order valence-corrected chi connectivity index (χ1v) is 10.2. The van der Waals surface area contributed by atoms with E-state index >= 15 is 4.39 Å². The second kappa shape index (κ2) is 8.11. The highest BCUT2D eigenvalue weighted by molar-refractivity contribution is 6.31. The molecule has 3 saturated carbocycles. The summed E-state index contributed by atoms with van der Waals surface area (Å²) in [6.07, 6.45) is 3.56. The SMILES string of the molecule is COc1ccc(-c2c(F)c(NC3C4CCC(CC4)C3C(=O)O)nc(Cl)c2C#N)cc1. The average molecular weight is 430 g/mol. The molecule has 1 heterocycles. The van der Waals surface area contributed by atoms with Crippen LogP contribution in [0.1, 0.15) is 31.2 Å². The van der Waals surface area contributed by atoms with Crippen molar-refractivity contribution in [2.75, 3.05) is 12.4 Å². The lowest BCUT2D eigenvalue weighted by molar-refractivity contribution is -0.148. The second-order valence-corrected chi connectivity index (χ2v) is 8.22. The summed E-state index contributed by atoms with van der Waals surface area (Å²) in [5.41, 5.74) is 0.428. The van der Waals surface area contributed by atoms with Crippen LogP contribution in [0.2, 0.25) is 5.15 Å². The molecule has 2 atom stereocenters.